The third-order valence-corrected chi connectivity index (χ3v) is 3.73. The molecule has 19 heavy (non-hydrogen) atoms. The van der Waals surface area contributed by atoms with Crippen LogP contribution in [0.2, 0.25) is 5.82 Å². The molecular formula is C12H21BN2O4. The van der Waals surface area contributed by atoms with Crippen molar-refractivity contribution in [3.05, 3.63) is 0 Å². The summed E-state index contributed by atoms with van der Waals surface area (Å²) in [6.07, 6.45) is -0.637. The molecule has 1 aliphatic carbocycles. The van der Waals surface area contributed by atoms with E-state index in [9.17, 15) is 9.59 Å². The first-order chi connectivity index (χ1) is 8.82. The molecule has 4 atom stereocenters. The average molecular weight is 268 g/mol. The minimum absolute atomic E-state index is 0.226. The van der Waals surface area contributed by atoms with Gasteiger partial charge in [-0.25, -0.2) is 0 Å². The van der Waals surface area contributed by atoms with Crippen molar-refractivity contribution in [3.8, 4) is 0 Å². The van der Waals surface area contributed by atoms with Gasteiger partial charge in [0, 0.05) is 28.2 Å². The van der Waals surface area contributed by atoms with E-state index in [0.717, 1.165) is 6.42 Å². The van der Waals surface area contributed by atoms with E-state index in [2.05, 4.69) is 6.92 Å². The predicted molar refractivity (Wildman–Crippen MR) is 70.4 cm³/mol. The van der Waals surface area contributed by atoms with Gasteiger partial charge in [-0.2, -0.15) is 0 Å². The van der Waals surface area contributed by atoms with Gasteiger partial charge in [-0.1, -0.05) is 6.92 Å². The highest BCUT2D eigenvalue weighted by atomic mass is 16.7. The molecule has 7 heteroatoms. The summed E-state index contributed by atoms with van der Waals surface area (Å²) in [5.41, 5.74) is 0. The Kier molecular flexibility index (Phi) is 3.87. The summed E-state index contributed by atoms with van der Waals surface area (Å²) in [7, 11) is 6.16. The molecule has 1 saturated heterocycles. The van der Waals surface area contributed by atoms with Crippen molar-refractivity contribution >= 4 is 18.9 Å². The van der Waals surface area contributed by atoms with Crippen LogP contribution in [0.3, 0.4) is 0 Å². The number of carbonyl (C=O) groups is 2. The fraction of sp³-hybridized carbons (Fsp3) is 0.833. The molecule has 2 fully saturated rings. The highest BCUT2D eigenvalue weighted by molar-refractivity contribution is 6.49. The molecule has 0 aromatic carbocycles. The van der Waals surface area contributed by atoms with Crippen molar-refractivity contribution < 1.29 is 18.9 Å². The summed E-state index contributed by atoms with van der Waals surface area (Å²) in [5, 5.41) is 0. The molecule has 0 N–H and O–H groups in total. The van der Waals surface area contributed by atoms with Gasteiger partial charge in [-0.05, 0) is 18.2 Å². The van der Waals surface area contributed by atoms with Gasteiger partial charge < -0.3 is 19.1 Å². The molecule has 1 saturated carbocycles. The summed E-state index contributed by atoms with van der Waals surface area (Å²) >= 11 is 0. The van der Waals surface area contributed by atoms with Crippen molar-refractivity contribution in [2.75, 3.05) is 28.2 Å². The molecule has 2 amide bonds. The van der Waals surface area contributed by atoms with Crippen molar-refractivity contribution in [1.29, 1.82) is 0 Å². The monoisotopic (exact) mass is 268 g/mol. The molecule has 0 aromatic rings. The van der Waals surface area contributed by atoms with E-state index in [1.807, 2.05) is 0 Å². The van der Waals surface area contributed by atoms with Crippen molar-refractivity contribution in [2.45, 2.75) is 31.4 Å². The zero-order valence-corrected chi connectivity index (χ0v) is 12.1. The summed E-state index contributed by atoms with van der Waals surface area (Å²) in [6.45, 7) is 2.11. The molecule has 1 heterocycles. The van der Waals surface area contributed by atoms with Gasteiger partial charge >= 0.3 is 7.12 Å². The Morgan fingerprint density at radius 1 is 1.00 bits per heavy atom. The second-order valence-corrected chi connectivity index (χ2v) is 5.82. The minimum atomic E-state index is -0.831. The molecule has 0 spiro atoms. The summed E-state index contributed by atoms with van der Waals surface area (Å²) < 4.78 is 11.4. The molecule has 106 valence electrons. The Hall–Kier alpha value is -1.08. The minimum Gasteiger partial charge on any atom is -0.396 e. The third kappa shape index (κ3) is 2.77. The first-order valence-corrected chi connectivity index (χ1v) is 6.56. The van der Waals surface area contributed by atoms with Gasteiger partial charge in [0.05, 0.1) is 0 Å². The Balaban J connectivity index is 2.12. The molecule has 2 unspecified atom stereocenters. The van der Waals surface area contributed by atoms with Crippen LogP contribution in [0.1, 0.15) is 13.3 Å². The number of hydrogen-bond donors (Lipinski definition) is 0. The number of amides is 2. The Morgan fingerprint density at radius 2 is 1.37 bits per heavy atom. The van der Waals surface area contributed by atoms with E-state index < -0.39 is 19.3 Å². The van der Waals surface area contributed by atoms with Gasteiger partial charge in [-0.15, -0.1) is 0 Å². The molecule has 0 bridgehead atoms. The first kappa shape index (κ1) is 14.3. The van der Waals surface area contributed by atoms with Crippen LogP contribution in [0.25, 0.3) is 0 Å². The van der Waals surface area contributed by atoms with Crippen LogP contribution in [0, 0.1) is 5.92 Å². The molecule has 0 radical (unpaired) electrons. The SMILES string of the molecule is C[C@@H]1C[C@H]1B1OC(C(=O)N(C)C)C(C(=O)N(C)C)O1. The second kappa shape index (κ2) is 5.13. The highest BCUT2D eigenvalue weighted by Gasteiger charge is 2.56. The van der Waals surface area contributed by atoms with Crippen LogP contribution in [-0.2, 0) is 18.9 Å². The molecule has 0 aromatic heterocycles. The summed E-state index contributed by atoms with van der Waals surface area (Å²) in [6, 6.07) is 0. The van der Waals surface area contributed by atoms with Crippen LogP contribution in [0.5, 0.6) is 0 Å². The van der Waals surface area contributed by atoms with Gasteiger partial charge in [0.15, 0.2) is 12.2 Å². The number of nitrogens with zero attached hydrogens (tertiary/aromatic N) is 2. The van der Waals surface area contributed by atoms with Crippen LogP contribution in [0.15, 0.2) is 0 Å². The van der Waals surface area contributed by atoms with Gasteiger partial charge in [0.2, 0.25) is 0 Å². The van der Waals surface area contributed by atoms with E-state index in [1.54, 1.807) is 28.2 Å². The van der Waals surface area contributed by atoms with Crippen LogP contribution in [-0.4, -0.2) is 69.1 Å². The highest BCUT2D eigenvalue weighted by Crippen LogP contribution is 2.49. The zero-order valence-electron chi connectivity index (χ0n) is 12.1. The molecule has 2 aliphatic rings. The fourth-order valence-corrected chi connectivity index (χ4v) is 2.28. The number of likely N-dealkylation sites (N-methyl/N-ethyl adjacent to an activating group) is 2. The van der Waals surface area contributed by atoms with Crippen LogP contribution >= 0.6 is 0 Å². The van der Waals surface area contributed by atoms with Crippen molar-refractivity contribution in [2.24, 2.45) is 5.92 Å². The van der Waals surface area contributed by atoms with E-state index in [0.29, 0.717) is 11.7 Å². The standard InChI is InChI=1S/C12H21BN2O4/c1-7-6-8(7)13-18-9(11(16)14(2)3)10(19-13)12(17)15(4)5/h7-10H,6H2,1-5H3/t7-,8-,9?,10?/m1/s1. The Morgan fingerprint density at radius 3 is 1.63 bits per heavy atom. The maximum absolute atomic E-state index is 12.1. The topological polar surface area (TPSA) is 59.1 Å². The first-order valence-electron chi connectivity index (χ1n) is 6.56. The van der Waals surface area contributed by atoms with Gasteiger partial charge in [-0.3, -0.25) is 9.59 Å². The summed E-state index contributed by atoms with van der Waals surface area (Å²) in [4.78, 5) is 27.1. The van der Waals surface area contributed by atoms with Gasteiger partial charge in [0.25, 0.3) is 11.8 Å². The normalized spacial score (nSPS) is 33.2. The Labute approximate surface area is 114 Å². The predicted octanol–water partition coefficient (Wildman–Crippen LogP) is -0.155. The largest absolute Gasteiger partial charge is 0.461 e. The zero-order chi connectivity index (χ0) is 14.3. The van der Waals surface area contributed by atoms with Crippen LogP contribution in [0.4, 0.5) is 0 Å². The quantitative estimate of drug-likeness (QED) is 0.668. The second-order valence-electron chi connectivity index (χ2n) is 5.82. The van der Waals surface area contributed by atoms with E-state index in [1.165, 1.54) is 9.80 Å². The summed E-state index contributed by atoms with van der Waals surface area (Å²) in [5.74, 6) is 0.387. The van der Waals surface area contributed by atoms with E-state index >= 15 is 0 Å². The fourth-order valence-electron chi connectivity index (χ4n) is 2.28. The number of rotatable bonds is 3. The maximum Gasteiger partial charge on any atom is 0.461 e. The van der Waals surface area contributed by atoms with Crippen molar-refractivity contribution in [1.82, 2.24) is 9.80 Å². The molecule has 1 aliphatic heterocycles. The third-order valence-electron chi connectivity index (χ3n) is 3.73. The molecule has 6 nitrogen and oxygen atoms in total. The molecular weight excluding hydrogens is 247 g/mol. The van der Waals surface area contributed by atoms with E-state index in [-0.39, 0.29) is 11.8 Å². The smallest absolute Gasteiger partial charge is 0.396 e. The van der Waals surface area contributed by atoms with Crippen molar-refractivity contribution in [3.63, 3.8) is 0 Å². The van der Waals surface area contributed by atoms with Crippen LogP contribution < -0.4 is 0 Å². The maximum atomic E-state index is 12.1. The number of hydrogen-bond acceptors (Lipinski definition) is 4. The lowest BCUT2D eigenvalue weighted by Gasteiger charge is -2.22. The van der Waals surface area contributed by atoms with Gasteiger partial charge in [0.1, 0.15) is 0 Å². The lowest BCUT2D eigenvalue weighted by atomic mass is 9.81. The van der Waals surface area contributed by atoms with E-state index in [4.69, 9.17) is 9.31 Å². The lowest BCUT2D eigenvalue weighted by molar-refractivity contribution is -0.146. The lowest BCUT2D eigenvalue weighted by Crippen LogP contribution is -2.47. The number of carbonyl (C=O) groups excluding carboxylic acids is 2. The Bertz CT molecular complexity index is 360. The molecule has 2 rings (SSSR count). The average Bonchev–Trinajstić information content (AvgIpc) is 2.92.